The Hall–Kier alpha value is -2.88. The second kappa shape index (κ2) is 6.92. The number of alkyl carbamates (subject to hydrolysis) is 2. The van der Waals surface area contributed by atoms with Crippen LogP contribution in [0.1, 0.15) is 13.8 Å². The lowest BCUT2D eigenvalue weighted by molar-refractivity contribution is -0.117. The average Bonchev–Trinajstić information content (AvgIpc) is 3.31. The van der Waals surface area contributed by atoms with E-state index in [2.05, 4.69) is 20.8 Å². The topological polar surface area (TPSA) is 136 Å². The number of ether oxygens (including phenoxy) is 2. The summed E-state index contributed by atoms with van der Waals surface area (Å²) < 4.78 is 9.38. The van der Waals surface area contributed by atoms with Gasteiger partial charge in [0, 0.05) is 6.08 Å². The minimum atomic E-state index is -0.910. The van der Waals surface area contributed by atoms with Gasteiger partial charge in [0.25, 0.3) is 0 Å². The summed E-state index contributed by atoms with van der Waals surface area (Å²) in [6, 6.07) is 0. The number of ketones is 2. The van der Waals surface area contributed by atoms with E-state index in [1.54, 1.807) is 13.8 Å². The molecule has 1 aliphatic heterocycles. The molecule has 10 heteroatoms. The van der Waals surface area contributed by atoms with Gasteiger partial charge >= 0.3 is 12.2 Å². The van der Waals surface area contributed by atoms with Crippen LogP contribution in [0.5, 0.6) is 0 Å². The summed E-state index contributed by atoms with van der Waals surface area (Å²) in [5, 5.41) is 5.79. The molecule has 0 spiro atoms. The van der Waals surface area contributed by atoms with Crippen molar-refractivity contribution in [2.24, 2.45) is 0 Å². The van der Waals surface area contributed by atoms with Crippen molar-refractivity contribution in [3.63, 3.8) is 0 Å². The van der Waals surface area contributed by atoms with E-state index in [0.717, 1.165) is 6.08 Å². The highest BCUT2D eigenvalue weighted by atomic mass is 16.6. The van der Waals surface area contributed by atoms with Crippen LogP contribution < -0.4 is 16.1 Å². The second-order valence-electron chi connectivity index (χ2n) is 4.41. The maximum Gasteiger partial charge on any atom is 0.411 e. The van der Waals surface area contributed by atoms with Crippen LogP contribution >= 0.6 is 0 Å². The lowest BCUT2D eigenvalue weighted by Gasteiger charge is -2.19. The number of rotatable bonds is 5. The molecule has 124 valence electrons. The fraction of sp³-hybridized carbons (Fsp3) is 0.385. The Morgan fingerprint density at radius 1 is 1.13 bits per heavy atom. The van der Waals surface area contributed by atoms with E-state index in [-0.39, 0.29) is 30.3 Å². The first-order valence-electron chi connectivity index (χ1n) is 6.91. The molecular weight excluding hydrogens is 308 g/mol. The SMILES string of the molecule is CCOC(=O)NC1=C(NC(=O)OCC)C(=O)C(N2CN2)=CC1=O. The zero-order chi connectivity index (χ0) is 17.0. The van der Waals surface area contributed by atoms with Crippen LogP contribution in [0, 0.1) is 0 Å². The third kappa shape index (κ3) is 3.86. The van der Waals surface area contributed by atoms with Crippen LogP contribution in [0.2, 0.25) is 0 Å². The number of hydrogen-bond donors (Lipinski definition) is 3. The summed E-state index contributed by atoms with van der Waals surface area (Å²) in [6.45, 7) is 3.74. The molecule has 2 rings (SSSR count). The molecule has 10 nitrogen and oxygen atoms in total. The van der Waals surface area contributed by atoms with Gasteiger partial charge in [-0.1, -0.05) is 0 Å². The molecule has 2 amide bonds. The minimum absolute atomic E-state index is 0.0659. The molecule has 0 unspecified atom stereocenters. The van der Waals surface area contributed by atoms with Gasteiger partial charge < -0.3 is 9.47 Å². The van der Waals surface area contributed by atoms with Gasteiger partial charge in [-0.25, -0.2) is 15.0 Å². The smallest absolute Gasteiger partial charge is 0.411 e. The Morgan fingerprint density at radius 3 is 2.13 bits per heavy atom. The van der Waals surface area contributed by atoms with Gasteiger partial charge in [-0.3, -0.25) is 25.2 Å². The Labute approximate surface area is 131 Å². The highest BCUT2D eigenvalue weighted by molar-refractivity contribution is 6.23. The number of carbonyl (C=O) groups is 4. The number of carbonyl (C=O) groups excluding carboxylic acids is 4. The fourth-order valence-electron chi connectivity index (χ4n) is 1.81. The Bertz CT molecular complexity index is 620. The molecule has 0 radical (unpaired) electrons. The number of nitrogens with one attached hydrogen (secondary N) is 3. The molecule has 0 atom stereocenters. The lowest BCUT2D eigenvalue weighted by atomic mass is 10.0. The molecule has 1 heterocycles. The number of hydrazine groups is 1. The summed E-state index contributed by atoms with van der Waals surface area (Å²) in [5.41, 5.74) is 2.07. The van der Waals surface area contributed by atoms with E-state index in [1.807, 2.05) is 0 Å². The van der Waals surface area contributed by atoms with Crippen molar-refractivity contribution in [1.82, 2.24) is 21.1 Å². The molecule has 0 aromatic carbocycles. The van der Waals surface area contributed by atoms with Gasteiger partial charge in [0.05, 0.1) is 13.2 Å². The van der Waals surface area contributed by atoms with Crippen LogP contribution in [-0.2, 0) is 19.1 Å². The van der Waals surface area contributed by atoms with E-state index in [1.165, 1.54) is 5.01 Å². The zero-order valence-corrected chi connectivity index (χ0v) is 12.6. The average molecular weight is 324 g/mol. The van der Waals surface area contributed by atoms with Crippen LogP contribution in [0.15, 0.2) is 23.2 Å². The van der Waals surface area contributed by atoms with E-state index in [9.17, 15) is 19.2 Å². The third-order valence-electron chi connectivity index (χ3n) is 2.84. The number of allylic oxidation sites excluding steroid dienone is 1. The van der Waals surface area contributed by atoms with Crippen molar-refractivity contribution in [3.8, 4) is 0 Å². The molecular formula is C13H16N4O6. The highest BCUT2D eigenvalue weighted by Gasteiger charge is 2.37. The Kier molecular flexibility index (Phi) is 4.96. The van der Waals surface area contributed by atoms with Gasteiger partial charge in [-0.2, -0.15) is 0 Å². The zero-order valence-electron chi connectivity index (χ0n) is 12.6. The normalized spacial score (nSPS) is 16.8. The molecule has 23 heavy (non-hydrogen) atoms. The number of nitrogens with zero attached hydrogens (tertiary/aromatic N) is 1. The molecule has 3 N–H and O–H groups in total. The van der Waals surface area contributed by atoms with E-state index >= 15 is 0 Å². The van der Waals surface area contributed by atoms with Crippen molar-refractivity contribution >= 4 is 23.8 Å². The van der Waals surface area contributed by atoms with Crippen LogP contribution in [0.25, 0.3) is 0 Å². The van der Waals surface area contributed by atoms with E-state index < -0.39 is 23.8 Å². The van der Waals surface area contributed by atoms with Gasteiger partial charge in [0.1, 0.15) is 23.8 Å². The fourth-order valence-corrected chi connectivity index (χ4v) is 1.81. The Morgan fingerprint density at radius 2 is 1.65 bits per heavy atom. The third-order valence-corrected chi connectivity index (χ3v) is 2.84. The summed E-state index contributed by atoms with van der Waals surface area (Å²) in [6.07, 6.45) is -0.749. The highest BCUT2D eigenvalue weighted by Crippen LogP contribution is 2.21. The summed E-state index contributed by atoms with van der Waals surface area (Å²) >= 11 is 0. The first-order valence-corrected chi connectivity index (χ1v) is 6.91. The summed E-state index contributed by atoms with van der Waals surface area (Å²) in [4.78, 5) is 47.7. The predicted molar refractivity (Wildman–Crippen MR) is 75.3 cm³/mol. The van der Waals surface area contributed by atoms with Gasteiger partial charge in [-0.15, -0.1) is 0 Å². The van der Waals surface area contributed by atoms with Gasteiger partial charge in [-0.05, 0) is 13.8 Å². The molecule has 0 bridgehead atoms. The lowest BCUT2D eigenvalue weighted by Crippen LogP contribution is -2.40. The van der Waals surface area contributed by atoms with Gasteiger partial charge in [0.2, 0.25) is 11.6 Å². The quantitative estimate of drug-likeness (QED) is 0.455. The molecule has 0 saturated carbocycles. The standard InChI is InChI=1S/C13H16N4O6/c1-3-22-12(20)15-9-8(18)5-7(17-6-14-17)11(19)10(9)16-13(21)23-4-2/h5,14H,3-4,6H2,1-2H3,(H,15,20)(H,16,21). The number of amides is 2. The van der Waals surface area contributed by atoms with Crippen molar-refractivity contribution in [3.05, 3.63) is 23.2 Å². The monoisotopic (exact) mass is 324 g/mol. The number of hydrogen-bond acceptors (Lipinski definition) is 8. The van der Waals surface area contributed by atoms with Gasteiger partial charge in [0.15, 0.2) is 0 Å². The van der Waals surface area contributed by atoms with Crippen LogP contribution in [0.3, 0.4) is 0 Å². The van der Waals surface area contributed by atoms with Crippen molar-refractivity contribution in [2.45, 2.75) is 13.8 Å². The molecule has 0 aromatic heterocycles. The summed E-state index contributed by atoms with van der Waals surface area (Å²) in [5.74, 6) is -1.28. The molecule has 1 aliphatic carbocycles. The first kappa shape index (κ1) is 16.5. The van der Waals surface area contributed by atoms with Crippen molar-refractivity contribution in [1.29, 1.82) is 0 Å². The van der Waals surface area contributed by atoms with E-state index in [0.29, 0.717) is 6.67 Å². The number of Topliss-reactive ketones (excluding diaryl/α,β-unsaturated/α-hetero) is 1. The minimum Gasteiger partial charge on any atom is -0.450 e. The Balaban J connectivity index is 2.29. The molecule has 2 aliphatic rings. The first-order chi connectivity index (χ1) is 11.0. The predicted octanol–water partition coefficient (Wildman–Crippen LogP) is -0.496. The molecule has 1 fully saturated rings. The van der Waals surface area contributed by atoms with Crippen molar-refractivity contribution < 1.29 is 28.7 Å². The van der Waals surface area contributed by atoms with E-state index in [4.69, 9.17) is 4.74 Å². The molecule has 0 aromatic rings. The van der Waals surface area contributed by atoms with Crippen LogP contribution in [-0.4, -0.2) is 48.6 Å². The van der Waals surface area contributed by atoms with Crippen molar-refractivity contribution in [2.75, 3.05) is 19.9 Å². The van der Waals surface area contributed by atoms with Crippen LogP contribution in [0.4, 0.5) is 9.59 Å². The maximum absolute atomic E-state index is 12.4. The second-order valence-corrected chi connectivity index (χ2v) is 4.41. The molecule has 1 saturated heterocycles. The maximum atomic E-state index is 12.4. The summed E-state index contributed by atoms with van der Waals surface area (Å²) in [7, 11) is 0. The largest absolute Gasteiger partial charge is 0.450 e.